The molecule has 0 saturated heterocycles. The van der Waals surface area contributed by atoms with Crippen molar-refractivity contribution >= 4 is 22.6 Å². The lowest BCUT2D eigenvalue weighted by Gasteiger charge is -2.07. The molecule has 2 aromatic carbocycles. The molecule has 5 heteroatoms. The Morgan fingerprint density at radius 3 is 2.75 bits per heavy atom. The van der Waals surface area contributed by atoms with Crippen LogP contribution < -0.4 is 10.1 Å². The van der Waals surface area contributed by atoms with Crippen LogP contribution in [0.4, 0.5) is 10.1 Å². The molecule has 0 radical (unpaired) electrons. The number of hydrogen-bond donors (Lipinski definition) is 1. The summed E-state index contributed by atoms with van der Waals surface area (Å²) in [7, 11) is 0. The summed E-state index contributed by atoms with van der Waals surface area (Å²) in [6, 6.07) is 9.68. The first-order chi connectivity index (χ1) is 11.5. The minimum Gasteiger partial charge on any atom is -0.494 e. The third kappa shape index (κ3) is 2.97. The van der Waals surface area contributed by atoms with Gasteiger partial charge in [0.15, 0.2) is 5.76 Å². The lowest BCUT2D eigenvalue weighted by molar-refractivity contribution is 0.0998. The summed E-state index contributed by atoms with van der Waals surface area (Å²) in [6.07, 6.45) is 0. The van der Waals surface area contributed by atoms with Gasteiger partial charge in [-0.2, -0.15) is 0 Å². The molecule has 3 aromatic rings. The molecule has 0 fully saturated rings. The van der Waals surface area contributed by atoms with Crippen LogP contribution >= 0.6 is 0 Å². The second-order valence-corrected chi connectivity index (χ2v) is 5.56. The normalized spacial score (nSPS) is 10.8. The molecule has 0 saturated carbocycles. The van der Waals surface area contributed by atoms with Gasteiger partial charge in [0, 0.05) is 16.6 Å². The van der Waals surface area contributed by atoms with Crippen LogP contribution in [0.2, 0.25) is 0 Å². The third-order valence-electron chi connectivity index (χ3n) is 3.87. The summed E-state index contributed by atoms with van der Waals surface area (Å²) < 4.78 is 24.5. The fraction of sp³-hybridized carbons (Fsp3) is 0.211. The van der Waals surface area contributed by atoms with Crippen molar-refractivity contribution in [2.45, 2.75) is 20.8 Å². The minimum atomic E-state index is -0.407. The fourth-order valence-corrected chi connectivity index (χ4v) is 2.58. The average molecular weight is 327 g/mol. The van der Waals surface area contributed by atoms with Crippen molar-refractivity contribution in [3.05, 3.63) is 59.1 Å². The Morgan fingerprint density at radius 2 is 2.00 bits per heavy atom. The molecule has 0 spiro atoms. The maximum absolute atomic E-state index is 13.4. The van der Waals surface area contributed by atoms with Crippen molar-refractivity contribution in [2.24, 2.45) is 0 Å². The standard InChI is InChI=1S/C19H18FNO3/c1-4-23-14-7-8-17-15(10-14)12(3)18(24-17)19(22)21-16-9-13(20)6-5-11(16)2/h5-10H,4H2,1-3H3,(H,21,22). The molecule has 0 aliphatic rings. The zero-order valence-electron chi connectivity index (χ0n) is 13.8. The lowest BCUT2D eigenvalue weighted by atomic mass is 10.1. The Labute approximate surface area is 139 Å². The molecule has 1 heterocycles. The van der Waals surface area contributed by atoms with Gasteiger partial charge in [0.1, 0.15) is 17.1 Å². The molecule has 0 aliphatic carbocycles. The van der Waals surface area contributed by atoms with E-state index in [2.05, 4.69) is 5.32 Å². The summed E-state index contributed by atoms with van der Waals surface area (Å²) in [4.78, 5) is 12.5. The van der Waals surface area contributed by atoms with Gasteiger partial charge in [-0.1, -0.05) is 6.07 Å². The summed E-state index contributed by atoms with van der Waals surface area (Å²) >= 11 is 0. The van der Waals surface area contributed by atoms with Gasteiger partial charge in [-0.15, -0.1) is 0 Å². The van der Waals surface area contributed by atoms with E-state index in [1.54, 1.807) is 25.1 Å². The summed E-state index contributed by atoms with van der Waals surface area (Å²) in [5.74, 6) is 0.123. The number of carbonyl (C=O) groups excluding carboxylic acids is 1. The van der Waals surface area contributed by atoms with Crippen LogP contribution in [-0.2, 0) is 0 Å². The highest BCUT2D eigenvalue weighted by Gasteiger charge is 2.19. The van der Waals surface area contributed by atoms with Crippen LogP contribution in [0.15, 0.2) is 40.8 Å². The van der Waals surface area contributed by atoms with Crippen LogP contribution in [0.25, 0.3) is 11.0 Å². The molecule has 0 bridgehead atoms. The number of halogens is 1. The maximum Gasteiger partial charge on any atom is 0.291 e. The van der Waals surface area contributed by atoms with Gasteiger partial charge < -0.3 is 14.5 Å². The molecule has 1 amide bonds. The Balaban J connectivity index is 1.95. The van der Waals surface area contributed by atoms with E-state index in [0.717, 1.165) is 22.3 Å². The van der Waals surface area contributed by atoms with Gasteiger partial charge >= 0.3 is 0 Å². The molecule has 0 atom stereocenters. The van der Waals surface area contributed by atoms with E-state index in [-0.39, 0.29) is 5.76 Å². The third-order valence-corrected chi connectivity index (χ3v) is 3.87. The van der Waals surface area contributed by atoms with Gasteiger partial charge in [0.05, 0.1) is 6.61 Å². The van der Waals surface area contributed by atoms with Crippen molar-refractivity contribution in [3.8, 4) is 5.75 Å². The van der Waals surface area contributed by atoms with Gasteiger partial charge in [0.25, 0.3) is 5.91 Å². The number of benzene rings is 2. The molecule has 124 valence electrons. The van der Waals surface area contributed by atoms with Crippen molar-refractivity contribution in [3.63, 3.8) is 0 Å². The predicted octanol–water partition coefficient (Wildman–Crippen LogP) is 4.84. The molecular formula is C19H18FNO3. The van der Waals surface area contributed by atoms with Crippen molar-refractivity contribution in [1.29, 1.82) is 0 Å². The number of hydrogen-bond acceptors (Lipinski definition) is 3. The predicted molar refractivity (Wildman–Crippen MR) is 91.2 cm³/mol. The van der Waals surface area contributed by atoms with Crippen LogP contribution in [0.3, 0.4) is 0 Å². The van der Waals surface area contributed by atoms with E-state index in [1.165, 1.54) is 12.1 Å². The summed E-state index contributed by atoms with van der Waals surface area (Å²) in [6.45, 7) is 6.09. The highest BCUT2D eigenvalue weighted by Crippen LogP contribution is 2.29. The van der Waals surface area contributed by atoms with Crippen LogP contribution in [0.5, 0.6) is 5.75 Å². The van der Waals surface area contributed by atoms with E-state index in [4.69, 9.17) is 9.15 Å². The second-order valence-electron chi connectivity index (χ2n) is 5.56. The van der Waals surface area contributed by atoms with Crippen molar-refractivity contribution in [2.75, 3.05) is 11.9 Å². The Hall–Kier alpha value is -2.82. The smallest absolute Gasteiger partial charge is 0.291 e. The van der Waals surface area contributed by atoms with E-state index in [0.29, 0.717) is 17.9 Å². The zero-order valence-corrected chi connectivity index (χ0v) is 13.8. The molecule has 0 aliphatic heterocycles. The van der Waals surface area contributed by atoms with Gasteiger partial charge in [-0.05, 0) is 56.7 Å². The highest BCUT2D eigenvalue weighted by atomic mass is 19.1. The average Bonchev–Trinajstić information content (AvgIpc) is 2.88. The number of carbonyl (C=O) groups is 1. The monoisotopic (exact) mass is 327 g/mol. The molecule has 3 rings (SSSR count). The highest BCUT2D eigenvalue weighted by molar-refractivity contribution is 6.06. The molecule has 4 nitrogen and oxygen atoms in total. The molecule has 1 N–H and O–H groups in total. The van der Waals surface area contributed by atoms with Gasteiger partial charge in [-0.25, -0.2) is 4.39 Å². The van der Waals surface area contributed by atoms with Gasteiger partial charge in [0.2, 0.25) is 0 Å². The van der Waals surface area contributed by atoms with Crippen molar-refractivity contribution < 1.29 is 18.3 Å². The van der Waals surface area contributed by atoms with Gasteiger partial charge in [-0.3, -0.25) is 4.79 Å². The number of anilines is 1. The summed E-state index contributed by atoms with van der Waals surface area (Å²) in [5.41, 5.74) is 2.53. The van der Waals surface area contributed by atoms with Crippen LogP contribution in [-0.4, -0.2) is 12.5 Å². The number of furan rings is 1. The zero-order chi connectivity index (χ0) is 17.3. The van der Waals surface area contributed by atoms with E-state index < -0.39 is 11.7 Å². The second kappa shape index (κ2) is 6.35. The Kier molecular flexibility index (Phi) is 4.25. The Bertz CT molecular complexity index is 914. The number of nitrogens with one attached hydrogen (secondary N) is 1. The first kappa shape index (κ1) is 16.1. The number of fused-ring (bicyclic) bond motifs is 1. The molecular weight excluding hydrogens is 309 g/mol. The lowest BCUT2D eigenvalue weighted by Crippen LogP contribution is -2.13. The largest absolute Gasteiger partial charge is 0.494 e. The minimum absolute atomic E-state index is 0.210. The van der Waals surface area contributed by atoms with E-state index >= 15 is 0 Å². The molecule has 1 aromatic heterocycles. The topological polar surface area (TPSA) is 51.5 Å². The van der Waals surface area contributed by atoms with Crippen LogP contribution in [0, 0.1) is 19.7 Å². The first-order valence-electron chi connectivity index (χ1n) is 7.73. The summed E-state index contributed by atoms with van der Waals surface area (Å²) in [5, 5.41) is 3.53. The van der Waals surface area contributed by atoms with E-state index in [9.17, 15) is 9.18 Å². The maximum atomic E-state index is 13.4. The first-order valence-corrected chi connectivity index (χ1v) is 7.73. The number of amides is 1. The Morgan fingerprint density at radius 1 is 1.21 bits per heavy atom. The van der Waals surface area contributed by atoms with Crippen molar-refractivity contribution in [1.82, 2.24) is 0 Å². The number of aryl methyl sites for hydroxylation is 2. The van der Waals surface area contributed by atoms with E-state index in [1.807, 2.05) is 19.9 Å². The number of ether oxygens (including phenoxy) is 1. The molecule has 24 heavy (non-hydrogen) atoms. The fourth-order valence-electron chi connectivity index (χ4n) is 2.58. The van der Waals surface area contributed by atoms with Crippen LogP contribution in [0.1, 0.15) is 28.6 Å². The quantitative estimate of drug-likeness (QED) is 0.746. The number of rotatable bonds is 4. The SMILES string of the molecule is CCOc1ccc2oc(C(=O)Nc3cc(F)ccc3C)c(C)c2c1. The molecule has 0 unspecified atom stereocenters.